The van der Waals surface area contributed by atoms with E-state index in [-0.39, 0.29) is 6.42 Å². The summed E-state index contributed by atoms with van der Waals surface area (Å²) in [5.74, 6) is 1.49. The molecule has 1 heterocycles. The first-order valence-corrected chi connectivity index (χ1v) is 6.18. The zero-order valence-electron chi connectivity index (χ0n) is 8.68. The van der Waals surface area contributed by atoms with Gasteiger partial charge in [-0.05, 0) is 12.1 Å². The lowest BCUT2D eigenvalue weighted by molar-refractivity contribution is -0.136. The molecule has 0 aliphatic heterocycles. The van der Waals surface area contributed by atoms with Gasteiger partial charge >= 0.3 is 5.97 Å². The SMILES string of the molecule is O=C(O)CCSCc1cc2ccccc2o1. The van der Waals surface area contributed by atoms with Gasteiger partial charge in [0.2, 0.25) is 0 Å². The van der Waals surface area contributed by atoms with E-state index >= 15 is 0 Å². The number of fused-ring (bicyclic) bond motifs is 1. The van der Waals surface area contributed by atoms with Crippen LogP contribution in [0.2, 0.25) is 0 Å². The van der Waals surface area contributed by atoms with Crippen molar-refractivity contribution < 1.29 is 14.3 Å². The first kappa shape index (κ1) is 11.1. The van der Waals surface area contributed by atoms with Gasteiger partial charge < -0.3 is 9.52 Å². The highest BCUT2D eigenvalue weighted by Crippen LogP contribution is 2.22. The molecule has 0 spiro atoms. The Hall–Kier alpha value is -1.42. The quantitative estimate of drug-likeness (QED) is 0.810. The second-order valence-electron chi connectivity index (χ2n) is 3.45. The van der Waals surface area contributed by atoms with Gasteiger partial charge in [0.25, 0.3) is 0 Å². The van der Waals surface area contributed by atoms with Crippen molar-refractivity contribution in [3.63, 3.8) is 0 Å². The minimum Gasteiger partial charge on any atom is -0.481 e. The van der Waals surface area contributed by atoms with E-state index in [4.69, 9.17) is 9.52 Å². The standard InChI is InChI=1S/C12H12O3S/c13-12(14)5-6-16-8-10-7-9-3-1-2-4-11(9)15-10/h1-4,7H,5-6,8H2,(H,13,14). The molecule has 0 aliphatic rings. The topological polar surface area (TPSA) is 50.4 Å². The fourth-order valence-electron chi connectivity index (χ4n) is 1.44. The Morgan fingerprint density at radius 2 is 2.19 bits per heavy atom. The molecule has 16 heavy (non-hydrogen) atoms. The summed E-state index contributed by atoms with van der Waals surface area (Å²) >= 11 is 1.58. The fraction of sp³-hybridized carbons (Fsp3) is 0.250. The molecule has 3 nitrogen and oxygen atoms in total. The van der Waals surface area contributed by atoms with Crippen LogP contribution in [0.4, 0.5) is 0 Å². The number of carboxylic acid groups (broad SMARTS) is 1. The van der Waals surface area contributed by atoms with E-state index in [1.165, 1.54) is 0 Å². The summed E-state index contributed by atoms with van der Waals surface area (Å²) in [5, 5.41) is 9.58. The van der Waals surface area contributed by atoms with Crippen molar-refractivity contribution in [1.29, 1.82) is 0 Å². The van der Waals surface area contributed by atoms with Crippen molar-refractivity contribution in [2.45, 2.75) is 12.2 Å². The van der Waals surface area contributed by atoms with Crippen LogP contribution in [-0.4, -0.2) is 16.8 Å². The lowest BCUT2D eigenvalue weighted by Crippen LogP contribution is -1.95. The van der Waals surface area contributed by atoms with Crippen LogP contribution in [0.3, 0.4) is 0 Å². The molecular formula is C12H12O3S. The highest BCUT2D eigenvalue weighted by Gasteiger charge is 2.03. The maximum Gasteiger partial charge on any atom is 0.304 e. The van der Waals surface area contributed by atoms with Crippen molar-refractivity contribution >= 4 is 28.7 Å². The second-order valence-corrected chi connectivity index (χ2v) is 4.55. The van der Waals surface area contributed by atoms with Crippen LogP contribution in [-0.2, 0) is 10.5 Å². The molecule has 0 bridgehead atoms. The average molecular weight is 236 g/mol. The molecule has 1 aromatic carbocycles. The Morgan fingerprint density at radius 3 is 2.94 bits per heavy atom. The number of carbonyl (C=O) groups is 1. The summed E-state index contributed by atoms with van der Waals surface area (Å²) in [7, 11) is 0. The van der Waals surface area contributed by atoms with Crippen molar-refractivity contribution in [3.8, 4) is 0 Å². The number of thioether (sulfide) groups is 1. The summed E-state index contributed by atoms with van der Waals surface area (Å²) in [6.07, 6.45) is 0.199. The van der Waals surface area contributed by atoms with Gasteiger partial charge in [-0.25, -0.2) is 0 Å². The van der Waals surface area contributed by atoms with Gasteiger partial charge in [-0.1, -0.05) is 18.2 Å². The number of carboxylic acids is 1. The normalized spacial score (nSPS) is 10.8. The van der Waals surface area contributed by atoms with E-state index in [2.05, 4.69) is 0 Å². The number of hydrogen-bond acceptors (Lipinski definition) is 3. The van der Waals surface area contributed by atoms with Crippen LogP contribution in [0, 0.1) is 0 Å². The zero-order valence-corrected chi connectivity index (χ0v) is 9.50. The third kappa shape index (κ3) is 2.79. The molecule has 0 aliphatic carbocycles. The van der Waals surface area contributed by atoms with E-state index in [0.717, 1.165) is 22.5 Å². The molecule has 1 aromatic heterocycles. The van der Waals surface area contributed by atoms with Crippen LogP contribution in [0.15, 0.2) is 34.7 Å². The van der Waals surface area contributed by atoms with E-state index in [1.807, 2.05) is 30.3 Å². The van der Waals surface area contributed by atoms with Crippen LogP contribution < -0.4 is 0 Å². The van der Waals surface area contributed by atoms with E-state index in [0.29, 0.717) is 5.75 Å². The highest BCUT2D eigenvalue weighted by molar-refractivity contribution is 7.98. The van der Waals surface area contributed by atoms with Crippen molar-refractivity contribution in [3.05, 3.63) is 36.1 Å². The molecule has 2 rings (SSSR count). The molecule has 2 aromatic rings. The Balaban J connectivity index is 1.92. The van der Waals surface area contributed by atoms with Gasteiger partial charge in [0.1, 0.15) is 11.3 Å². The number of hydrogen-bond donors (Lipinski definition) is 1. The van der Waals surface area contributed by atoms with Gasteiger partial charge in [0, 0.05) is 11.1 Å². The van der Waals surface area contributed by atoms with Gasteiger partial charge in [-0.2, -0.15) is 11.8 Å². The smallest absolute Gasteiger partial charge is 0.304 e. The number of rotatable bonds is 5. The highest BCUT2D eigenvalue weighted by atomic mass is 32.2. The van der Waals surface area contributed by atoms with Crippen LogP contribution in [0.5, 0.6) is 0 Å². The van der Waals surface area contributed by atoms with Crippen molar-refractivity contribution in [2.24, 2.45) is 0 Å². The number of aliphatic carboxylic acids is 1. The molecule has 0 amide bonds. The van der Waals surface area contributed by atoms with Crippen molar-refractivity contribution in [2.75, 3.05) is 5.75 Å². The number of para-hydroxylation sites is 1. The average Bonchev–Trinajstić information content (AvgIpc) is 2.66. The first-order valence-electron chi connectivity index (χ1n) is 5.03. The van der Waals surface area contributed by atoms with Gasteiger partial charge in [-0.3, -0.25) is 4.79 Å². The van der Waals surface area contributed by atoms with Gasteiger partial charge in [0.15, 0.2) is 0 Å². The Labute approximate surface area is 97.4 Å². The predicted molar refractivity (Wildman–Crippen MR) is 64.6 cm³/mol. The molecule has 0 fully saturated rings. The monoisotopic (exact) mass is 236 g/mol. The summed E-state index contributed by atoms with van der Waals surface area (Å²) in [6.45, 7) is 0. The van der Waals surface area contributed by atoms with E-state index in [9.17, 15) is 4.79 Å². The zero-order chi connectivity index (χ0) is 11.4. The lowest BCUT2D eigenvalue weighted by Gasteiger charge is -1.95. The third-order valence-electron chi connectivity index (χ3n) is 2.18. The Morgan fingerprint density at radius 1 is 1.38 bits per heavy atom. The molecule has 0 saturated carbocycles. The van der Waals surface area contributed by atoms with Crippen LogP contribution in [0.25, 0.3) is 11.0 Å². The molecule has 0 atom stereocenters. The van der Waals surface area contributed by atoms with Gasteiger partial charge in [-0.15, -0.1) is 0 Å². The van der Waals surface area contributed by atoms with E-state index < -0.39 is 5.97 Å². The summed E-state index contributed by atoms with van der Waals surface area (Å²) < 4.78 is 5.61. The largest absolute Gasteiger partial charge is 0.481 e. The Kier molecular flexibility index (Phi) is 3.51. The molecule has 0 radical (unpaired) electrons. The van der Waals surface area contributed by atoms with E-state index in [1.54, 1.807) is 11.8 Å². The van der Waals surface area contributed by atoms with Crippen molar-refractivity contribution in [1.82, 2.24) is 0 Å². The Bertz CT molecular complexity index is 457. The second kappa shape index (κ2) is 5.07. The van der Waals surface area contributed by atoms with Gasteiger partial charge in [0.05, 0.1) is 12.2 Å². The molecule has 4 heteroatoms. The van der Waals surface area contributed by atoms with Crippen LogP contribution >= 0.6 is 11.8 Å². The minimum absolute atomic E-state index is 0.199. The summed E-state index contributed by atoms with van der Waals surface area (Å²) in [6, 6.07) is 9.85. The molecular weight excluding hydrogens is 224 g/mol. The third-order valence-corrected chi connectivity index (χ3v) is 3.16. The molecule has 84 valence electrons. The number of benzene rings is 1. The number of furan rings is 1. The summed E-state index contributed by atoms with van der Waals surface area (Å²) in [4.78, 5) is 10.3. The maximum absolute atomic E-state index is 10.3. The molecule has 0 saturated heterocycles. The lowest BCUT2D eigenvalue weighted by atomic mass is 10.2. The predicted octanol–water partition coefficient (Wildman–Crippen LogP) is 3.14. The molecule has 1 N–H and O–H groups in total. The van der Waals surface area contributed by atoms with Crippen LogP contribution in [0.1, 0.15) is 12.2 Å². The molecule has 0 unspecified atom stereocenters. The summed E-state index contributed by atoms with van der Waals surface area (Å²) in [5.41, 5.74) is 0.885. The minimum atomic E-state index is -0.753. The fourth-order valence-corrected chi connectivity index (χ4v) is 2.25. The maximum atomic E-state index is 10.3. The first-order chi connectivity index (χ1) is 7.75.